The van der Waals surface area contributed by atoms with Crippen molar-refractivity contribution in [2.45, 2.75) is 26.8 Å². The zero-order valence-electron chi connectivity index (χ0n) is 15.9. The standard InChI is InChI=1S/C22H25N3OS/c1-15-8-10-23-22-19(15)16(2)20(27-22)21(26)24-12-18-9-11-25(14-18)13-17-6-4-3-5-7-17/h3-8,10,18H,9,11-14H2,1-2H3,(H,24,26)/t18-/m0/s1. The van der Waals surface area contributed by atoms with E-state index in [0.717, 1.165) is 53.3 Å². The molecule has 0 aliphatic carbocycles. The van der Waals surface area contributed by atoms with Crippen molar-refractivity contribution < 1.29 is 4.79 Å². The minimum absolute atomic E-state index is 0.0383. The Morgan fingerprint density at radius 1 is 1.26 bits per heavy atom. The Morgan fingerprint density at radius 3 is 2.85 bits per heavy atom. The molecule has 1 aliphatic rings. The molecule has 1 aliphatic heterocycles. The van der Waals surface area contributed by atoms with Crippen LogP contribution in [0, 0.1) is 19.8 Å². The Bertz CT molecular complexity index is 951. The van der Waals surface area contributed by atoms with Gasteiger partial charge < -0.3 is 5.32 Å². The summed E-state index contributed by atoms with van der Waals surface area (Å²) in [6.07, 6.45) is 2.95. The number of benzene rings is 1. The molecule has 1 amide bonds. The molecule has 3 heterocycles. The largest absolute Gasteiger partial charge is 0.351 e. The predicted octanol–water partition coefficient (Wildman–Crippen LogP) is 4.17. The number of nitrogens with one attached hydrogen (secondary N) is 1. The molecule has 27 heavy (non-hydrogen) atoms. The molecular weight excluding hydrogens is 354 g/mol. The zero-order valence-corrected chi connectivity index (χ0v) is 16.7. The van der Waals surface area contributed by atoms with Crippen LogP contribution >= 0.6 is 11.3 Å². The zero-order chi connectivity index (χ0) is 18.8. The molecule has 5 heteroatoms. The number of thiophene rings is 1. The van der Waals surface area contributed by atoms with Gasteiger partial charge in [-0.25, -0.2) is 4.98 Å². The second-order valence-electron chi connectivity index (χ2n) is 7.45. The number of pyridine rings is 1. The van der Waals surface area contributed by atoms with Gasteiger partial charge in [-0.2, -0.15) is 0 Å². The van der Waals surface area contributed by atoms with Gasteiger partial charge in [0.2, 0.25) is 0 Å². The highest BCUT2D eigenvalue weighted by Gasteiger charge is 2.24. The molecule has 0 spiro atoms. The molecule has 0 bridgehead atoms. The van der Waals surface area contributed by atoms with E-state index in [1.807, 2.05) is 19.2 Å². The smallest absolute Gasteiger partial charge is 0.261 e. The summed E-state index contributed by atoms with van der Waals surface area (Å²) in [5.41, 5.74) is 3.58. The molecule has 1 aromatic carbocycles. The van der Waals surface area contributed by atoms with Crippen LogP contribution in [0.25, 0.3) is 10.2 Å². The van der Waals surface area contributed by atoms with Crippen LogP contribution in [-0.2, 0) is 6.54 Å². The summed E-state index contributed by atoms with van der Waals surface area (Å²) >= 11 is 1.50. The van der Waals surface area contributed by atoms with Crippen molar-refractivity contribution in [1.82, 2.24) is 15.2 Å². The molecule has 1 saturated heterocycles. The van der Waals surface area contributed by atoms with Crippen LogP contribution in [0.4, 0.5) is 0 Å². The van der Waals surface area contributed by atoms with Crippen LogP contribution in [0.15, 0.2) is 42.6 Å². The van der Waals surface area contributed by atoms with E-state index in [-0.39, 0.29) is 5.91 Å². The maximum Gasteiger partial charge on any atom is 0.261 e. The van der Waals surface area contributed by atoms with Gasteiger partial charge in [0.15, 0.2) is 0 Å². The van der Waals surface area contributed by atoms with Crippen molar-refractivity contribution in [2.24, 2.45) is 5.92 Å². The van der Waals surface area contributed by atoms with Crippen LogP contribution < -0.4 is 5.32 Å². The van der Waals surface area contributed by atoms with Gasteiger partial charge in [0, 0.05) is 31.2 Å². The number of likely N-dealkylation sites (tertiary alicyclic amines) is 1. The maximum absolute atomic E-state index is 12.7. The number of aromatic nitrogens is 1. The van der Waals surface area contributed by atoms with Crippen LogP contribution in [0.2, 0.25) is 0 Å². The average Bonchev–Trinajstić information content (AvgIpc) is 3.26. The van der Waals surface area contributed by atoms with Crippen molar-refractivity contribution >= 4 is 27.5 Å². The number of carbonyl (C=O) groups is 1. The third kappa shape index (κ3) is 3.89. The molecule has 1 N–H and O–H groups in total. The van der Waals surface area contributed by atoms with Gasteiger partial charge in [-0.3, -0.25) is 9.69 Å². The van der Waals surface area contributed by atoms with E-state index < -0.39 is 0 Å². The van der Waals surface area contributed by atoms with Crippen molar-refractivity contribution in [3.05, 3.63) is 64.2 Å². The van der Waals surface area contributed by atoms with Crippen molar-refractivity contribution in [3.63, 3.8) is 0 Å². The van der Waals surface area contributed by atoms with E-state index in [1.54, 1.807) is 0 Å². The van der Waals surface area contributed by atoms with Crippen molar-refractivity contribution in [3.8, 4) is 0 Å². The van der Waals surface area contributed by atoms with E-state index in [4.69, 9.17) is 0 Å². The molecule has 3 aromatic rings. The Balaban J connectivity index is 1.35. The third-order valence-electron chi connectivity index (χ3n) is 5.42. The monoisotopic (exact) mass is 379 g/mol. The molecule has 1 fully saturated rings. The highest BCUT2D eigenvalue weighted by molar-refractivity contribution is 7.20. The predicted molar refractivity (Wildman–Crippen MR) is 111 cm³/mol. The van der Waals surface area contributed by atoms with Gasteiger partial charge >= 0.3 is 0 Å². The number of amides is 1. The molecular formula is C22H25N3OS. The van der Waals surface area contributed by atoms with Gasteiger partial charge in [-0.05, 0) is 55.5 Å². The fourth-order valence-electron chi connectivity index (χ4n) is 3.95. The molecule has 4 nitrogen and oxygen atoms in total. The van der Waals surface area contributed by atoms with Gasteiger partial charge in [0.05, 0.1) is 4.88 Å². The number of rotatable bonds is 5. The highest BCUT2D eigenvalue weighted by atomic mass is 32.1. The number of fused-ring (bicyclic) bond motifs is 1. The Kier molecular flexibility index (Phi) is 5.23. The normalized spacial score (nSPS) is 17.5. The third-order valence-corrected chi connectivity index (χ3v) is 6.61. The second kappa shape index (κ2) is 7.79. The summed E-state index contributed by atoms with van der Waals surface area (Å²) in [6.45, 7) is 7.97. The summed E-state index contributed by atoms with van der Waals surface area (Å²) in [5, 5.41) is 4.29. The summed E-state index contributed by atoms with van der Waals surface area (Å²) in [5.74, 6) is 0.559. The Morgan fingerprint density at radius 2 is 2.07 bits per heavy atom. The lowest BCUT2D eigenvalue weighted by molar-refractivity contribution is 0.0951. The Labute approximate surface area is 164 Å². The lowest BCUT2D eigenvalue weighted by atomic mass is 10.1. The number of carbonyl (C=O) groups excluding carboxylic acids is 1. The van der Waals surface area contributed by atoms with E-state index in [2.05, 4.69) is 52.5 Å². The highest BCUT2D eigenvalue weighted by Crippen LogP contribution is 2.31. The molecule has 0 saturated carbocycles. The lowest BCUT2D eigenvalue weighted by Crippen LogP contribution is -2.30. The second-order valence-corrected chi connectivity index (χ2v) is 8.45. The van der Waals surface area contributed by atoms with Crippen LogP contribution in [-0.4, -0.2) is 35.4 Å². The summed E-state index contributed by atoms with van der Waals surface area (Å²) in [7, 11) is 0. The van der Waals surface area contributed by atoms with E-state index in [0.29, 0.717) is 5.92 Å². The van der Waals surface area contributed by atoms with Gasteiger partial charge in [0.25, 0.3) is 5.91 Å². The minimum atomic E-state index is 0.0383. The summed E-state index contributed by atoms with van der Waals surface area (Å²) < 4.78 is 0. The van der Waals surface area contributed by atoms with E-state index >= 15 is 0 Å². The van der Waals surface area contributed by atoms with Crippen molar-refractivity contribution in [1.29, 1.82) is 0 Å². The summed E-state index contributed by atoms with van der Waals surface area (Å²) in [6, 6.07) is 12.6. The molecule has 2 aromatic heterocycles. The van der Waals surface area contributed by atoms with Gasteiger partial charge in [0.1, 0.15) is 4.83 Å². The first-order valence-corrected chi connectivity index (χ1v) is 10.3. The topological polar surface area (TPSA) is 45.2 Å². The van der Waals surface area contributed by atoms with Gasteiger partial charge in [-0.1, -0.05) is 30.3 Å². The average molecular weight is 380 g/mol. The fraction of sp³-hybridized carbons (Fsp3) is 0.364. The summed E-state index contributed by atoms with van der Waals surface area (Å²) in [4.78, 5) is 21.4. The molecule has 0 radical (unpaired) electrons. The van der Waals surface area contributed by atoms with E-state index in [1.165, 1.54) is 22.5 Å². The fourth-order valence-corrected chi connectivity index (χ4v) is 5.10. The Hall–Kier alpha value is -2.24. The molecule has 140 valence electrons. The first-order chi connectivity index (χ1) is 13.1. The first kappa shape index (κ1) is 18.1. The SMILES string of the molecule is Cc1ccnc2sc(C(=O)NC[C@@H]3CCN(Cc4ccccc4)C3)c(C)c12. The number of hydrogen-bond acceptors (Lipinski definition) is 4. The maximum atomic E-state index is 12.7. The van der Waals surface area contributed by atoms with Crippen LogP contribution in [0.5, 0.6) is 0 Å². The number of aryl methyl sites for hydroxylation is 2. The first-order valence-electron chi connectivity index (χ1n) is 9.51. The van der Waals surface area contributed by atoms with Crippen molar-refractivity contribution in [2.75, 3.05) is 19.6 Å². The van der Waals surface area contributed by atoms with Crippen LogP contribution in [0.3, 0.4) is 0 Å². The van der Waals surface area contributed by atoms with Gasteiger partial charge in [-0.15, -0.1) is 11.3 Å². The lowest BCUT2D eigenvalue weighted by Gasteiger charge is -2.16. The van der Waals surface area contributed by atoms with Crippen LogP contribution in [0.1, 0.15) is 32.8 Å². The molecule has 1 atom stereocenters. The molecule has 4 rings (SSSR count). The number of nitrogens with zero attached hydrogens (tertiary/aromatic N) is 2. The van der Waals surface area contributed by atoms with E-state index in [9.17, 15) is 4.79 Å². The minimum Gasteiger partial charge on any atom is -0.351 e. The molecule has 0 unspecified atom stereocenters. The number of hydrogen-bond donors (Lipinski definition) is 1. The quantitative estimate of drug-likeness (QED) is 0.724.